The number of methoxy groups -OCH3 is 1. The molecule has 3 rings (SSSR count). The summed E-state index contributed by atoms with van der Waals surface area (Å²) in [4.78, 5) is 8.02. The van der Waals surface area contributed by atoms with Gasteiger partial charge < -0.3 is 9.64 Å². The van der Waals surface area contributed by atoms with Crippen molar-refractivity contribution >= 4 is 22.7 Å². The van der Waals surface area contributed by atoms with Crippen molar-refractivity contribution in [2.75, 3.05) is 20.7 Å². The topological polar surface area (TPSA) is 51.1 Å². The first-order valence-electron chi connectivity index (χ1n) is 8.11. The second kappa shape index (κ2) is 8.03. The molecule has 0 N–H and O–H groups in total. The average Bonchev–Trinajstić information content (AvgIpc) is 3.21. The van der Waals surface area contributed by atoms with E-state index in [1.54, 1.807) is 29.8 Å². The lowest BCUT2D eigenvalue weighted by Crippen LogP contribution is -2.20. The Morgan fingerprint density at radius 1 is 1.20 bits per heavy atom. The number of thiazole rings is 1. The van der Waals surface area contributed by atoms with Crippen molar-refractivity contribution < 1.29 is 4.74 Å². The van der Waals surface area contributed by atoms with Crippen molar-refractivity contribution in [3.05, 3.63) is 44.9 Å². The molecule has 0 aliphatic heterocycles. The third kappa shape index (κ3) is 4.42. The molecule has 0 fully saturated rings. The zero-order valence-electron chi connectivity index (χ0n) is 14.9. The molecule has 25 heavy (non-hydrogen) atoms. The number of hydrogen-bond acceptors (Lipinski definition) is 7. The van der Waals surface area contributed by atoms with Crippen molar-refractivity contribution in [1.29, 1.82) is 0 Å². The lowest BCUT2D eigenvalue weighted by atomic mass is 10.1. The molecule has 0 aliphatic rings. The van der Waals surface area contributed by atoms with Gasteiger partial charge in [-0.25, -0.2) is 4.98 Å². The Kier molecular flexibility index (Phi) is 5.78. The summed E-state index contributed by atoms with van der Waals surface area (Å²) in [7, 11) is 3.84. The molecule has 0 saturated carbocycles. The molecule has 2 heterocycles. The van der Waals surface area contributed by atoms with E-state index >= 15 is 0 Å². The van der Waals surface area contributed by atoms with Gasteiger partial charge in [-0.3, -0.25) is 0 Å². The first-order chi connectivity index (χ1) is 12.1. The van der Waals surface area contributed by atoms with Crippen molar-refractivity contribution in [1.82, 2.24) is 20.1 Å². The highest BCUT2D eigenvalue weighted by atomic mass is 32.1. The zero-order valence-corrected chi connectivity index (χ0v) is 16.6. The molecule has 3 aromatic rings. The lowest BCUT2D eigenvalue weighted by molar-refractivity contribution is 0.331. The van der Waals surface area contributed by atoms with Crippen LogP contribution in [0.15, 0.2) is 23.7 Å². The molecule has 0 bridgehead atoms. The van der Waals surface area contributed by atoms with E-state index in [1.165, 1.54) is 10.4 Å². The number of benzene rings is 1. The summed E-state index contributed by atoms with van der Waals surface area (Å²) in [6.45, 7) is 5.92. The summed E-state index contributed by atoms with van der Waals surface area (Å²) < 4.78 is 5.50. The van der Waals surface area contributed by atoms with Crippen LogP contribution in [-0.4, -0.2) is 40.8 Å². The number of aromatic nitrogens is 3. The van der Waals surface area contributed by atoms with Crippen LogP contribution in [0.4, 0.5) is 0 Å². The predicted octanol–water partition coefficient (Wildman–Crippen LogP) is 3.96. The van der Waals surface area contributed by atoms with Crippen LogP contribution in [0.5, 0.6) is 5.75 Å². The summed E-state index contributed by atoms with van der Waals surface area (Å²) in [5.41, 5.74) is 5.33. The van der Waals surface area contributed by atoms with Crippen molar-refractivity contribution in [2.45, 2.75) is 26.8 Å². The van der Waals surface area contributed by atoms with Gasteiger partial charge in [0, 0.05) is 18.0 Å². The van der Waals surface area contributed by atoms with Gasteiger partial charge in [-0.2, -0.15) is 0 Å². The van der Waals surface area contributed by atoms with E-state index in [0.717, 1.165) is 46.5 Å². The number of nitrogens with zero attached hydrogens (tertiary/aromatic N) is 4. The average molecular weight is 375 g/mol. The van der Waals surface area contributed by atoms with E-state index in [-0.39, 0.29) is 0 Å². The van der Waals surface area contributed by atoms with Crippen LogP contribution in [0.1, 0.15) is 21.1 Å². The Morgan fingerprint density at radius 3 is 2.68 bits per heavy atom. The molecular formula is C18H22N4OS2. The van der Waals surface area contributed by atoms with Crippen molar-refractivity contribution in [3.8, 4) is 16.3 Å². The van der Waals surface area contributed by atoms with Crippen LogP contribution in [0, 0.1) is 13.8 Å². The molecule has 2 aromatic heterocycles. The molecule has 132 valence electrons. The number of hydrogen-bond donors (Lipinski definition) is 0. The molecule has 1 aromatic carbocycles. The number of rotatable bonds is 7. The zero-order chi connectivity index (χ0) is 17.8. The fourth-order valence-electron chi connectivity index (χ4n) is 2.68. The minimum absolute atomic E-state index is 0.836. The van der Waals surface area contributed by atoms with Crippen molar-refractivity contribution in [3.63, 3.8) is 0 Å². The van der Waals surface area contributed by atoms with Gasteiger partial charge in [-0.05, 0) is 45.0 Å². The second-order valence-electron chi connectivity index (χ2n) is 6.01. The van der Waals surface area contributed by atoms with Gasteiger partial charge in [0.05, 0.1) is 23.9 Å². The van der Waals surface area contributed by atoms with Crippen LogP contribution in [0.2, 0.25) is 0 Å². The largest absolute Gasteiger partial charge is 0.496 e. The SMILES string of the molecule is COc1ccc(CN(C)CCc2scnc2C)cc1-c1nnc(C)s1. The quantitative estimate of drug-likeness (QED) is 0.626. The molecule has 0 radical (unpaired) electrons. The maximum absolute atomic E-state index is 5.50. The molecule has 0 atom stereocenters. The van der Waals surface area contributed by atoms with Gasteiger partial charge in [0.2, 0.25) is 0 Å². The Labute approximate surface area is 156 Å². The molecule has 0 aliphatic carbocycles. The summed E-state index contributed by atoms with van der Waals surface area (Å²) >= 11 is 3.32. The van der Waals surface area contributed by atoms with E-state index in [1.807, 2.05) is 18.5 Å². The summed E-state index contributed by atoms with van der Waals surface area (Å²) in [6, 6.07) is 6.29. The molecule has 0 spiro atoms. The first kappa shape index (κ1) is 18.0. The van der Waals surface area contributed by atoms with Crippen LogP contribution in [-0.2, 0) is 13.0 Å². The van der Waals surface area contributed by atoms with Gasteiger partial charge >= 0.3 is 0 Å². The number of aryl methyl sites for hydroxylation is 2. The smallest absolute Gasteiger partial charge is 0.151 e. The fraction of sp³-hybridized carbons (Fsp3) is 0.389. The predicted molar refractivity (Wildman–Crippen MR) is 104 cm³/mol. The van der Waals surface area contributed by atoms with E-state index in [2.05, 4.69) is 46.2 Å². The van der Waals surface area contributed by atoms with Crippen LogP contribution >= 0.6 is 22.7 Å². The van der Waals surface area contributed by atoms with Gasteiger partial charge in [-0.15, -0.1) is 21.5 Å². The number of likely N-dealkylation sites (N-methyl/N-ethyl adjacent to an activating group) is 1. The monoisotopic (exact) mass is 374 g/mol. The highest BCUT2D eigenvalue weighted by Gasteiger charge is 2.13. The van der Waals surface area contributed by atoms with E-state index in [4.69, 9.17) is 4.74 Å². The van der Waals surface area contributed by atoms with Crippen LogP contribution in [0.3, 0.4) is 0 Å². The fourth-order valence-corrected chi connectivity index (χ4v) is 4.16. The minimum Gasteiger partial charge on any atom is -0.496 e. The highest BCUT2D eigenvalue weighted by Crippen LogP contribution is 2.33. The second-order valence-corrected chi connectivity index (χ2v) is 8.13. The molecular weight excluding hydrogens is 352 g/mol. The first-order valence-corrected chi connectivity index (χ1v) is 9.81. The van der Waals surface area contributed by atoms with Gasteiger partial charge in [0.15, 0.2) is 5.01 Å². The Bertz CT molecular complexity index is 843. The maximum Gasteiger partial charge on any atom is 0.151 e. The van der Waals surface area contributed by atoms with E-state index in [9.17, 15) is 0 Å². The van der Waals surface area contributed by atoms with E-state index in [0.29, 0.717) is 0 Å². The minimum atomic E-state index is 0.836. The number of ether oxygens (including phenoxy) is 1. The Hall–Kier alpha value is -1.83. The third-order valence-corrected chi connectivity index (χ3v) is 5.91. The van der Waals surface area contributed by atoms with E-state index < -0.39 is 0 Å². The normalized spacial score (nSPS) is 11.2. The molecule has 0 amide bonds. The van der Waals surface area contributed by atoms with Gasteiger partial charge in [-0.1, -0.05) is 17.4 Å². The standard InChI is InChI=1S/C18H22N4OS2/c1-12-17(24-11-19-12)7-8-22(3)10-14-5-6-16(23-4)15(9-14)18-21-20-13(2)25-18/h5-6,9,11H,7-8,10H2,1-4H3. The van der Waals surface area contributed by atoms with Gasteiger partial charge in [0.25, 0.3) is 0 Å². The summed E-state index contributed by atoms with van der Waals surface area (Å²) in [5, 5.41) is 10.2. The summed E-state index contributed by atoms with van der Waals surface area (Å²) in [6.07, 6.45) is 1.03. The summed E-state index contributed by atoms with van der Waals surface area (Å²) in [5.74, 6) is 0.836. The Balaban J connectivity index is 1.71. The molecule has 7 heteroatoms. The highest BCUT2D eigenvalue weighted by molar-refractivity contribution is 7.14. The van der Waals surface area contributed by atoms with Crippen molar-refractivity contribution in [2.24, 2.45) is 0 Å². The maximum atomic E-state index is 5.50. The Morgan fingerprint density at radius 2 is 2.04 bits per heavy atom. The molecule has 0 saturated heterocycles. The third-order valence-electron chi connectivity index (χ3n) is 4.04. The molecule has 5 nitrogen and oxygen atoms in total. The van der Waals surface area contributed by atoms with Crippen LogP contribution in [0.25, 0.3) is 10.6 Å². The lowest BCUT2D eigenvalue weighted by Gasteiger charge is -2.17. The van der Waals surface area contributed by atoms with Crippen LogP contribution < -0.4 is 4.74 Å². The molecule has 0 unspecified atom stereocenters. The van der Waals surface area contributed by atoms with Gasteiger partial charge in [0.1, 0.15) is 10.8 Å².